The van der Waals surface area contributed by atoms with Crippen LogP contribution in [0.2, 0.25) is 0 Å². The molecule has 1 aliphatic rings. The SMILES string of the molecule is C=C/C=C1\C(=C)C(O)=C(c2ccc3ccccc3n2)C1=O. The van der Waals surface area contributed by atoms with Crippen molar-refractivity contribution in [3.63, 3.8) is 0 Å². The van der Waals surface area contributed by atoms with Crippen LogP contribution in [0.3, 0.4) is 0 Å². The molecule has 1 N–H and O–H groups in total. The summed E-state index contributed by atoms with van der Waals surface area (Å²) in [6.45, 7) is 7.32. The number of pyridine rings is 1. The Hall–Kier alpha value is -2.94. The Labute approximate surface area is 122 Å². The highest BCUT2D eigenvalue weighted by Gasteiger charge is 2.32. The lowest BCUT2D eigenvalue weighted by Crippen LogP contribution is -2.01. The van der Waals surface area contributed by atoms with E-state index in [0.29, 0.717) is 16.8 Å². The lowest BCUT2D eigenvalue weighted by atomic mass is 10.1. The number of hydrogen-bond donors (Lipinski definition) is 1. The third-order valence-electron chi connectivity index (χ3n) is 3.46. The quantitative estimate of drug-likeness (QED) is 0.849. The number of nitrogens with zero attached hydrogens (tertiary/aromatic N) is 1. The van der Waals surface area contributed by atoms with Crippen molar-refractivity contribution in [1.29, 1.82) is 0 Å². The fourth-order valence-corrected chi connectivity index (χ4v) is 2.39. The topological polar surface area (TPSA) is 50.2 Å². The molecule has 1 heterocycles. The van der Waals surface area contributed by atoms with Crippen molar-refractivity contribution in [2.24, 2.45) is 0 Å². The maximum absolute atomic E-state index is 12.4. The van der Waals surface area contributed by atoms with Crippen LogP contribution in [0, 0.1) is 0 Å². The van der Waals surface area contributed by atoms with Crippen LogP contribution < -0.4 is 0 Å². The number of hydrogen-bond acceptors (Lipinski definition) is 3. The first-order chi connectivity index (χ1) is 10.1. The normalized spacial score (nSPS) is 17.0. The zero-order valence-corrected chi connectivity index (χ0v) is 11.3. The van der Waals surface area contributed by atoms with Gasteiger partial charge < -0.3 is 5.11 Å². The number of benzene rings is 1. The lowest BCUT2D eigenvalue weighted by molar-refractivity contribution is -0.110. The molecule has 1 aliphatic carbocycles. The Balaban J connectivity index is 2.18. The summed E-state index contributed by atoms with van der Waals surface area (Å²) in [4.78, 5) is 16.9. The van der Waals surface area contributed by atoms with Crippen molar-refractivity contribution >= 4 is 22.3 Å². The molecule has 0 aliphatic heterocycles. The van der Waals surface area contributed by atoms with Gasteiger partial charge in [0, 0.05) is 16.5 Å². The Bertz CT molecular complexity index is 856. The van der Waals surface area contributed by atoms with E-state index in [1.807, 2.05) is 30.3 Å². The summed E-state index contributed by atoms with van der Waals surface area (Å²) in [5, 5.41) is 11.2. The van der Waals surface area contributed by atoms with E-state index in [0.717, 1.165) is 10.9 Å². The number of para-hydroxylation sites is 1. The van der Waals surface area contributed by atoms with Gasteiger partial charge in [-0.05, 0) is 12.1 Å². The Morgan fingerprint density at radius 2 is 1.90 bits per heavy atom. The van der Waals surface area contributed by atoms with E-state index in [-0.39, 0.29) is 17.1 Å². The van der Waals surface area contributed by atoms with Crippen molar-refractivity contribution in [3.8, 4) is 0 Å². The van der Waals surface area contributed by atoms with Crippen LogP contribution in [0.4, 0.5) is 0 Å². The van der Waals surface area contributed by atoms with Gasteiger partial charge in [-0.2, -0.15) is 0 Å². The average Bonchev–Trinajstić information content (AvgIpc) is 2.71. The smallest absolute Gasteiger partial charge is 0.199 e. The van der Waals surface area contributed by atoms with E-state index in [9.17, 15) is 9.90 Å². The summed E-state index contributed by atoms with van der Waals surface area (Å²) in [6, 6.07) is 11.2. The van der Waals surface area contributed by atoms with Gasteiger partial charge in [0.1, 0.15) is 5.76 Å². The van der Waals surface area contributed by atoms with Gasteiger partial charge in [0.05, 0.1) is 16.8 Å². The summed E-state index contributed by atoms with van der Waals surface area (Å²) < 4.78 is 0. The minimum Gasteiger partial charge on any atom is -0.506 e. The van der Waals surface area contributed by atoms with E-state index in [1.54, 1.807) is 12.1 Å². The predicted octanol–water partition coefficient (Wildman–Crippen LogP) is 3.76. The highest BCUT2D eigenvalue weighted by molar-refractivity contribution is 6.35. The number of fused-ring (bicyclic) bond motifs is 1. The average molecular weight is 275 g/mol. The maximum atomic E-state index is 12.4. The van der Waals surface area contributed by atoms with E-state index < -0.39 is 0 Å². The lowest BCUT2D eigenvalue weighted by Gasteiger charge is -2.03. The molecule has 0 radical (unpaired) electrons. The van der Waals surface area contributed by atoms with Crippen LogP contribution in [0.1, 0.15) is 5.69 Å². The number of rotatable bonds is 2. The number of allylic oxidation sites excluding steroid dienone is 4. The molecule has 0 amide bonds. The molecule has 0 fully saturated rings. The number of aromatic nitrogens is 1. The van der Waals surface area contributed by atoms with Gasteiger partial charge in [0.25, 0.3) is 0 Å². The Morgan fingerprint density at radius 3 is 2.67 bits per heavy atom. The van der Waals surface area contributed by atoms with Crippen LogP contribution in [-0.4, -0.2) is 15.9 Å². The number of ketones is 1. The summed E-state index contributed by atoms with van der Waals surface area (Å²) >= 11 is 0. The van der Waals surface area contributed by atoms with Gasteiger partial charge in [-0.1, -0.05) is 49.6 Å². The largest absolute Gasteiger partial charge is 0.506 e. The van der Waals surface area contributed by atoms with Crippen molar-refractivity contribution in [2.75, 3.05) is 0 Å². The Kier molecular flexibility index (Phi) is 3.03. The molecule has 3 nitrogen and oxygen atoms in total. The van der Waals surface area contributed by atoms with E-state index in [4.69, 9.17) is 0 Å². The first-order valence-electron chi connectivity index (χ1n) is 6.50. The third-order valence-corrected chi connectivity index (χ3v) is 3.46. The first kappa shape index (κ1) is 13.1. The molecule has 3 rings (SSSR count). The summed E-state index contributed by atoms with van der Waals surface area (Å²) in [6.07, 6.45) is 3.05. The second-order valence-electron chi connectivity index (χ2n) is 4.74. The van der Waals surface area contributed by atoms with Gasteiger partial charge in [-0.3, -0.25) is 4.79 Å². The standard InChI is InChI=1S/C18H13NO2/c1-3-6-13-11(2)17(20)16(18(13)21)15-10-9-12-7-4-5-8-14(12)19-15/h3-10,20H,1-2H2/b13-6+. The minimum atomic E-state index is -0.278. The molecule has 0 bridgehead atoms. The molecule has 0 saturated carbocycles. The van der Waals surface area contributed by atoms with Crippen molar-refractivity contribution < 1.29 is 9.90 Å². The predicted molar refractivity (Wildman–Crippen MR) is 83.7 cm³/mol. The molecule has 0 unspecified atom stereocenters. The molecule has 102 valence electrons. The van der Waals surface area contributed by atoms with Crippen LogP contribution in [0.25, 0.3) is 16.5 Å². The number of Topliss-reactive ketones (excluding diaryl/α,β-unsaturated/α-hetero) is 1. The van der Waals surface area contributed by atoms with Crippen molar-refractivity contribution in [3.05, 3.63) is 84.3 Å². The van der Waals surface area contributed by atoms with Gasteiger partial charge in [0.15, 0.2) is 5.78 Å². The first-order valence-corrected chi connectivity index (χ1v) is 6.50. The monoisotopic (exact) mass is 275 g/mol. The highest BCUT2D eigenvalue weighted by Crippen LogP contribution is 2.36. The minimum absolute atomic E-state index is 0.115. The molecule has 0 saturated heterocycles. The van der Waals surface area contributed by atoms with Crippen LogP contribution in [0.15, 0.2) is 78.6 Å². The molecule has 0 spiro atoms. The third kappa shape index (κ3) is 1.99. The number of carbonyl (C=O) groups excluding carboxylic acids is 1. The number of carbonyl (C=O) groups is 1. The van der Waals surface area contributed by atoms with Crippen molar-refractivity contribution in [2.45, 2.75) is 0 Å². The summed E-state index contributed by atoms with van der Waals surface area (Å²) in [5.41, 5.74) is 2.08. The molecule has 3 heteroatoms. The van der Waals surface area contributed by atoms with Gasteiger partial charge in [-0.15, -0.1) is 0 Å². The van der Waals surface area contributed by atoms with E-state index in [2.05, 4.69) is 18.1 Å². The van der Waals surface area contributed by atoms with Gasteiger partial charge in [0.2, 0.25) is 0 Å². The zero-order valence-electron chi connectivity index (χ0n) is 11.3. The van der Waals surface area contributed by atoms with Crippen LogP contribution in [0.5, 0.6) is 0 Å². The molecular formula is C18H13NO2. The maximum Gasteiger partial charge on any atom is 0.199 e. The fourth-order valence-electron chi connectivity index (χ4n) is 2.39. The fraction of sp³-hybridized carbons (Fsp3) is 0. The highest BCUT2D eigenvalue weighted by atomic mass is 16.3. The van der Waals surface area contributed by atoms with E-state index in [1.165, 1.54) is 6.08 Å². The van der Waals surface area contributed by atoms with E-state index >= 15 is 0 Å². The molecule has 0 atom stereocenters. The molecular weight excluding hydrogens is 262 g/mol. The Morgan fingerprint density at radius 1 is 1.14 bits per heavy atom. The second-order valence-corrected chi connectivity index (χ2v) is 4.74. The van der Waals surface area contributed by atoms with Gasteiger partial charge in [-0.25, -0.2) is 4.98 Å². The molecule has 1 aromatic heterocycles. The molecule has 1 aromatic carbocycles. The van der Waals surface area contributed by atoms with Gasteiger partial charge >= 0.3 is 0 Å². The number of aliphatic hydroxyl groups is 1. The van der Waals surface area contributed by atoms with Crippen molar-refractivity contribution in [1.82, 2.24) is 4.98 Å². The molecule has 21 heavy (non-hydrogen) atoms. The van der Waals surface area contributed by atoms with Crippen LogP contribution in [-0.2, 0) is 4.79 Å². The zero-order chi connectivity index (χ0) is 15.0. The molecule has 2 aromatic rings. The second kappa shape index (κ2) is 4.87. The number of aliphatic hydroxyl groups excluding tert-OH is 1. The summed E-state index contributed by atoms with van der Waals surface area (Å²) in [7, 11) is 0. The van der Waals surface area contributed by atoms with Crippen LogP contribution >= 0.6 is 0 Å². The summed E-state index contributed by atoms with van der Waals surface area (Å²) in [5.74, 6) is -0.393.